The highest BCUT2D eigenvalue weighted by atomic mass is 15.2. The minimum atomic E-state index is 0.729. The zero-order chi connectivity index (χ0) is 10.6. The van der Waals surface area contributed by atoms with Crippen molar-refractivity contribution in [3.8, 4) is 0 Å². The molecule has 1 fully saturated rings. The normalized spacial score (nSPS) is 19.3. The molecular weight excluding hydrogens is 172 g/mol. The van der Waals surface area contributed by atoms with Crippen molar-refractivity contribution in [2.75, 3.05) is 20.1 Å². The summed E-state index contributed by atoms with van der Waals surface area (Å²) in [5, 5.41) is 3.33. The number of nitrogens with one attached hydrogen (secondary N) is 1. The largest absolute Gasteiger partial charge is 0.318 e. The first kappa shape index (κ1) is 12.0. The second kappa shape index (κ2) is 5.72. The molecule has 1 unspecified atom stereocenters. The van der Waals surface area contributed by atoms with E-state index in [4.69, 9.17) is 0 Å². The van der Waals surface area contributed by atoms with Crippen LogP contribution in [0.1, 0.15) is 40.0 Å². The Morgan fingerprint density at radius 3 is 2.36 bits per heavy atom. The Balaban J connectivity index is 2.50. The van der Waals surface area contributed by atoms with Gasteiger partial charge >= 0.3 is 0 Å². The van der Waals surface area contributed by atoms with Crippen LogP contribution in [0, 0.1) is 5.92 Å². The van der Waals surface area contributed by atoms with Gasteiger partial charge in [0.15, 0.2) is 0 Å². The third kappa shape index (κ3) is 3.25. The van der Waals surface area contributed by atoms with Gasteiger partial charge in [-0.15, -0.1) is 0 Å². The van der Waals surface area contributed by atoms with E-state index in [-0.39, 0.29) is 0 Å². The smallest absolute Gasteiger partial charge is 0.0246 e. The summed E-state index contributed by atoms with van der Waals surface area (Å²) in [7, 11) is 2.06. The van der Waals surface area contributed by atoms with Gasteiger partial charge in [-0.3, -0.25) is 4.90 Å². The molecule has 0 spiro atoms. The van der Waals surface area contributed by atoms with Gasteiger partial charge in [-0.2, -0.15) is 0 Å². The average Bonchev–Trinajstić information content (AvgIpc) is 2.94. The van der Waals surface area contributed by atoms with Gasteiger partial charge in [-0.1, -0.05) is 20.8 Å². The highest BCUT2D eigenvalue weighted by molar-refractivity contribution is 4.90. The van der Waals surface area contributed by atoms with Crippen LogP contribution in [-0.2, 0) is 0 Å². The molecule has 0 aromatic carbocycles. The van der Waals surface area contributed by atoms with Gasteiger partial charge in [0.1, 0.15) is 0 Å². The van der Waals surface area contributed by atoms with Crippen molar-refractivity contribution in [3.05, 3.63) is 0 Å². The van der Waals surface area contributed by atoms with Gasteiger partial charge in [0.25, 0.3) is 0 Å². The van der Waals surface area contributed by atoms with E-state index in [1.807, 2.05) is 0 Å². The van der Waals surface area contributed by atoms with Crippen LogP contribution >= 0.6 is 0 Å². The lowest BCUT2D eigenvalue weighted by Gasteiger charge is -2.34. The van der Waals surface area contributed by atoms with Crippen LogP contribution < -0.4 is 5.32 Å². The lowest BCUT2D eigenvalue weighted by molar-refractivity contribution is 0.144. The number of nitrogens with zero attached hydrogens (tertiary/aromatic N) is 1. The summed E-state index contributed by atoms with van der Waals surface area (Å²) >= 11 is 0. The topological polar surface area (TPSA) is 15.3 Å². The fraction of sp³-hybridized carbons (Fsp3) is 1.00. The molecule has 0 aliphatic heterocycles. The third-order valence-electron chi connectivity index (χ3n) is 3.11. The molecule has 0 amide bonds. The molecular formula is C12H26N2. The Hall–Kier alpha value is -0.0800. The monoisotopic (exact) mass is 198 g/mol. The van der Waals surface area contributed by atoms with Crippen LogP contribution in [0.25, 0.3) is 0 Å². The maximum Gasteiger partial charge on any atom is 0.0246 e. The van der Waals surface area contributed by atoms with E-state index in [1.54, 1.807) is 0 Å². The fourth-order valence-corrected chi connectivity index (χ4v) is 2.23. The van der Waals surface area contributed by atoms with Crippen LogP contribution in [0.3, 0.4) is 0 Å². The zero-order valence-electron chi connectivity index (χ0n) is 10.2. The summed E-state index contributed by atoms with van der Waals surface area (Å²) in [4.78, 5) is 2.72. The summed E-state index contributed by atoms with van der Waals surface area (Å²) in [5.74, 6) is 0.759. The Morgan fingerprint density at radius 1 is 1.36 bits per heavy atom. The molecule has 84 valence electrons. The number of rotatable bonds is 7. The first-order valence-electron chi connectivity index (χ1n) is 6.11. The molecule has 0 heterocycles. The van der Waals surface area contributed by atoms with Crippen molar-refractivity contribution < 1.29 is 0 Å². The highest BCUT2D eigenvalue weighted by Crippen LogP contribution is 2.30. The van der Waals surface area contributed by atoms with E-state index in [2.05, 4.69) is 38.0 Å². The van der Waals surface area contributed by atoms with E-state index in [0.29, 0.717) is 0 Å². The molecule has 0 radical (unpaired) electrons. The lowest BCUT2D eigenvalue weighted by Crippen LogP contribution is -2.46. The number of likely N-dealkylation sites (N-methyl/N-ethyl adjacent to an activating group) is 1. The summed E-state index contributed by atoms with van der Waals surface area (Å²) in [6.07, 6.45) is 4.13. The summed E-state index contributed by atoms with van der Waals surface area (Å²) in [6.45, 7) is 9.37. The lowest BCUT2D eigenvalue weighted by atomic mass is 10.0. The van der Waals surface area contributed by atoms with Crippen molar-refractivity contribution in [1.82, 2.24) is 10.2 Å². The highest BCUT2D eigenvalue weighted by Gasteiger charge is 2.33. The van der Waals surface area contributed by atoms with Crippen LogP contribution in [0.2, 0.25) is 0 Å². The molecule has 14 heavy (non-hydrogen) atoms. The quantitative estimate of drug-likeness (QED) is 0.674. The summed E-state index contributed by atoms with van der Waals surface area (Å²) in [5.41, 5.74) is 0. The van der Waals surface area contributed by atoms with Crippen LogP contribution in [-0.4, -0.2) is 37.1 Å². The van der Waals surface area contributed by atoms with Crippen molar-refractivity contribution in [1.29, 1.82) is 0 Å². The Bertz CT molecular complexity index is 142. The van der Waals surface area contributed by atoms with Crippen molar-refractivity contribution >= 4 is 0 Å². The standard InChI is InChI=1S/C12H26N2/c1-5-8-14(11-6-7-11)12(9-13-4)10(2)3/h10-13H,5-9H2,1-4H3. The van der Waals surface area contributed by atoms with Gasteiger partial charge in [0, 0.05) is 18.6 Å². The maximum absolute atomic E-state index is 3.33. The molecule has 0 bridgehead atoms. The van der Waals surface area contributed by atoms with E-state index in [1.165, 1.54) is 25.8 Å². The molecule has 1 saturated carbocycles. The number of hydrogen-bond donors (Lipinski definition) is 1. The SMILES string of the molecule is CCCN(C1CC1)C(CNC)C(C)C. The van der Waals surface area contributed by atoms with Crippen molar-refractivity contribution in [2.45, 2.75) is 52.1 Å². The van der Waals surface area contributed by atoms with E-state index < -0.39 is 0 Å². The minimum absolute atomic E-state index is 0.729. The van der Waals surface area contributed by atoms with Gasteiger partial charge in [-0.05, 0) is 38.8 Å². The Labute approximate surface area is 89.1 Å². The predicted molar refractivity (Wildman–Crippen MR) is 62.6 cm³/mol. The second-order valence-electron chi connectivity index (χ2n) is 4.84. The van der Waals surface area contributed by atoms with Gasteiger partial charge < -0.3 is 5.32 Å². The second-order valence-corrected chi connectivity index (χ2v) is 4.84. The molecule has 0 aromatic rings. The molecule has 1 aliphatic rings. The van der Waals surface area contributed by atoms with E-state index >= 15 is 0 Å². The Morgan fingerprint density at radius 2 is 2.00 bits per heavy atom. The average molecular weight is 198 g/mol. The first-order valence-corrected chi connectivity index (χ1v) is 6.11. The fourth-order valence-electron chi connectivity index (χ4n) is 2.23. The molecule has 1 atom stereocenters. The van der Waals surface area contributed by atoms with Gasteiger partial charge in [-0.25, -0.2) is 0 Å². The molecule has 2 nitrogen and oxygen atoms in total. The summed E-state index contributed by atoms with van der Waals surface area (Å²) in [6, 6.07) is 1.63. The zero-order valence-corrected chi connectivity index (χ0v) is 10.2. The molecule has 1 rings (SSSR count). The van der Waals surface area contributed by atoms with E-state index in [9.17, 15) is 0 Å². The summed E-state index contributed by atoms with van der Waals surface area (Å²) < 4.78 is 0. The van der Waals surface area contributed by atoms with Crippen molar-refractivity contribution in [3.63, 3.8) is 0 Å². The molecule has 2 heteroatoms. The molecule has 1 aliphatic carbocycles. The minimum Gasteiger partial charge on any atom is -0.318 e. The maximum atomic E-state index is 3.33. The van der Waals surface area contributed by atoms with Crippen LogP contribution in [0.4, 0.5) is 0 Å². The van der Waals surface area contributed by atoms with Crippen LogP contribution in [0.15, 0.2) is 0 Å². The molecule has 0 saturated heterocycles. The van der Waals surface area contributed by atoms with Gasteiger partial charge in [0.05, 0.1) is 0 Å². The van der Waals surface area contributed by atoms with Crippen LogP contribution in [0.5, 0.6) is 0 Å². The van der Waals surface area contributed by atoms with Crippen molar-refractivity contribution in [2.24, 2.45) is 5.92 Å². The van der Waals surface area contributed by atoms with Gasteiger partial charge in [0.2, 0.25) is 0 Å². The first-order chi connectivity index (χ1) is 6.70. The number of hydrogen-bond acceptors (Lipinski definition) is 2. The van der Waals surface area contributed by atoms with E-state index in [0.717, 1.165) is 24.5 Å². The predicted octanol–water partition coefficient (Wildman–Crippen LogP) is 2.10. The molecule has 1 N–H and O–H groups in total. The third-order valence-corrected chi connectivity index (χ3v) is 3.11. The Kier molecular flexibility index (Phi) is 4.90. The molecule has 0 aromatic heterocycles.